The van der Waals surface area contributed by atoms with Crippen LogP contribution in [0.15, 0.2) is 35.1 Å². The standard InChI is InChI=1S/C34H45F2N5O4S/c1-22-7-5-13-45-14-6-12-41-32-30(18-29(33(41)42)26-10-15-46(43,44)16-11-26)31(38-24(3)39-32)37-23(2)27-8-4-9-28(17-27)34(35,36)19-25-20-40(22)21-25/h4,8-9,17-18,22-23,25-26H,5-7,10-16,19-21H2,1-3H3,(H,37,38,39)/t22?,23-/m1/s1. The molecule has 0 aliphatic carbocycles. The van der Waals surface area contributed by atoms with Crippen molar-refractivity contribution < 1.29 is 21.9 Å². The van der Waals surface area contributed by atoms with Crippen molar-refractivity contribution >= 4 is 26.7 Å². The minimum atomic E-state index is -3.11. The number of ether oxygens (including phenoxy) is 1. The summed E-state index contributed by atoms with van der Waals surface area (Å²) in [4.78, 5) is 25.7. The monoisotopic (exact) mass is 657 g/mol. The lowest BCUT2D eigenvalue weighted by Gasteiger charge is -2.44. The van der Waals surface area contributed by atoms with Crippen LogP contribution in [0.3, 0.4) is 0 Å². The Morgan fingerprint density at radius 1 is 1.02 bits per heavy atom. The van der Waals surface area contributed by atoms with E-state index in [1.54, 1.807) is 23.6 Å². The molecule has 3 aromatic rings. The van der Waals surface area contributed by atoms with Gasteiger partial charge in [0.05, 0.1) is 16.9 Å². The average molecular weight is 658 g/mol. The zero-order chi connectivity index (χ0) is 32.6. The number of nitrogens with one attached hydrogen (secondary N) is 1. The predicted molar refractivity (Wildman–Crippen MR) is 175 cm³/mol. The van der Waals surface area contributed by atoms with Crippen LogP contribution in [0, 0.1) is 12.8 Å². The lowest BCUT2D eigenvalue weighted by molar-refractivity contribution is -0.0645. The average Bonchev–Trinajstić information content (AvgIpc) is 2.99. The Balaban J connectivity index is 1.38. The first-order valence-electron chi connectivity index (χ1n) is 16.6. The Morgan fingerprint density at radius 3 is 2.52 bits per heavy atom. The number of halogens is 2. The Hall–Kier alpha value is -2.96. The first-order chi connectivity index (χ1) is 21.9. The molecular formula is C34H45F2N5O4S. The highest BCUT2D eigenvalue weighted by Crippen LogP contribution is 2.39. The molecule has 9 nitrogen and oxygen atoms in total. The summed E-state index contributed by atoms with van der Waals surface area (Å²) in [5.41, 5.74) is 1.60. The second-order valence-electron chi connectivity index (χ2n) is 13.5. The maximum absolute atomic E-state index is 15.6. The van der Waals surface area contributed by atoms with E-state index in [1.807, 2.05) is 19.1 Å². The van der Waals surface area contributed by atoms with Crippen molar-refractivity contribution in [3.05, 3.63) is 63.2 Å². The van der Waals surface area contributed by atoms with E-state index < -0.39 is 15.8 Å². The van der Waals surface area contributed by atoms with Crippen LogP contribution in [0.25, 0.3) is 11.0 Å². The number of fused-ring (bicyclic) bond motifs is 9. The minimum absolute atomic E-state index is 0.0107. The summed E-state index contributed by atoms with van der Waals surface area (Å²) in [5, 5.41) is 4.08. The molecule has 6 heterocycles. The van der Waals surface area contributed by atoms with Crippen LogP contribution >= 0.6 is 0 Å². The largest absolute Gasteiger partial charge is 0.381 e. The summed E-state index contributed by atoms with van der Waals surface area (Å²) in [5.74, 6) is -2.11. The molecule has 2 aromatic heterocycles. The van der Waals surface area contributed by atoms with Gasteiger partial charge in [-0.25, -0.2) is 27.2 Å². The van der Waals surface area contributed by atoms with Crippen LogP contribution in [0.2, 0.25) is 0 Å². The Morgan fingerprint density at radius 2 is 1.76 bits per heavy atom. The molecule has 1 unspecified atom stereocenters. The summed E-state index contributed by atoms with van der Waals surface area (Å²) in [6.45, 7) is 8.66. The van der Waals surface area contributed by atoms with E-state index in [2.05, 4.69) is 17.1 Å². The number of sulfone groups is 1. The maximum Gasteiger partial charge on any atom is 0.273 e. The van der Waals surface area contributed by atoms with E-state index in [4.69, 9.17) is 14.7 Å². The van der Waals surface area contributed by atoms with Gasteiger partial charge in [-0.15, -0.1) is 0 Å². The molecule has 1 N–H and O–H groups in total. The number of nitrogens with zero attached hydrogens (tertiary/aromatic N) is 4. The number of aromatic nitrogens is 3. The van der Waals surface area contributed by atoms with E-state index in [9.17, 15) is 13.2 Å². The molecule has 0 amide bonds. The number of anilines is 1. The zero-order valence-corrected chi connectivity index (χ0v) is 27.8. The van der Waals surface area contributed by atoms with Crippen molar-refractivity contribution in [2.75, 3.05) is 43.1 Å². The highest BCUT2D eigenvalue weighted by Gasteiger charge is 2.40. The van der Waals surface area contributed by atoms with Gasteiger partial charge in [0, 0.05) is 62.5 Å². The second kappa shape index (κ2) is 13.3. The van der Waals surface area contributed by atoms with Crippen molar-refractivity contribution in [3.63, 3.8) is 0 Å². The molecule has 0 saturated carbocycles. The topological polar surface area (TPSA) is 106 Å². The maximum atomic E-state index is 15.6. The molecule has 46 heavy (non-hydrogen) atoms. The highest BCUT2D eigenvalue weighted by molar-refractivity contribution is 7.91. The normalized spacial score (nSPS) is 27.6. The van der Waals surface area contributed by atoms with Crippen LogP contribution in [0.4, 0.5) is 14.6 Å². The van der Waals surface area contributed by atoms with Gasteiger partial charge in [-0.2, -0.15) is 0 Å². The minimum Gasteiger partial charge on any atom is -0.381 e. The second-order valence-corrected chi connectivity index (χ2v) is 15.8. The van der Waals surface area contributed by atoms with Crippen molar-refractivity contribution in [2.24, 2.45) is 5.92 Å². The summed E-state index contributed by atoms with van der Waals surface area (Å²) in [7, 11) is -3.11. The third-order valence-electron chi connectivity index (χ3n) is 9.98. The molecule has 4 aliphatic rings. The molecule has 7 rings (SSSR count). The molecule has 8 bridgehead atoms. The Bertz CT molecular complexity index is 1730. The Labute approximate surface area is 269 Å². The molecule has 1 aromatic carbocycles. The van der Waals surface area contributed by atoms with E-state index in [0.717, 1.165) is 12.8 Å². The number of benzene rings is 1. The molecule has 12 heteroatoms. The molecule has 2 fully saturated rings. The molecule has 2 atom stereocenters. The Kier molecular flexibility index (Phi) is 9.51. The lowest BCUT2D eigenvalue weighted by Crippen LogP contribution is -2.52. The molecule has 0 radical (unpaired) electrons. The van der Waals surface area contributed by atoms with E-state index >= 15 is 8.78 Å². The summed E-state index contributed by atoms with van der Waals surface area (Å²) >= 11 is 0. The first-order valence-corrected chi connectivity index (χ1v) is 18.4. The molecular weight excluding hydrogens is 612 g/mol. The van der Waals surface area contributed by atoms with Crippen molar-refractivity contribution in [1.29, 1.82) is 0 Å². The van der Waals surface area contributed by atoms with Crippen molar-refractivity contribution in [2.45, 2.75) is 89.8 Å². The smallest absolute Gasteiger partial charge is 0.273 e. The van der Waals surface area contributed by atoms with Crippen LogP contribution in [-0.2, 0) is 27.0 Å². The fraction of sp³-hybridized carbons (Fsp3) is 0.618. The van der Waals surface area contributed by atoms with Crippen LogP contribution in [-0.4, -0.2) is 71.7 Å². The van der Waals surface area contributed by atoms with Crippen LogP contribution in [0.1, 0.15) is 86.8 Å². The van der Waals surface area contributed by atoms with Gasteiger partial charge in [0.25, 0.3) is 11.5 Å². The van der Waals surface area contributed by atoms with Crippen LogP contribution < -0.4 is 10.9 Å². The molecule has 2 saturated heterocycles. The predicted octanol–water partition coefficient (Wildman–Crippen LogP) is 5.57. The van der Waals surface area contributed by atoms with E-state index in [0.29, 0.717) is 92.0 Å². The fourth-order valence-corrected chi connectivity index (χ4v) is 8.67. The van der Waals surface area contributed by atoms with E-state index in [-0.39, 0.29) is 46.9 Å². The third-order valence-corrected chi connectivity index (χ3v) is 11.7. The molecule has 0 spiro atoms. The van der Waals surface area contributed by atoms with Gasteiger partial charge < -0.3 is 15.0 Å². The summed E-state index contributed by atoms with van der Waals surface area (Å²) < 4.78 is 63.2. The number of rotatable bonds is 1. The van der Waals surface area contributed by atoms with Gasteiger partial charge in [-0.1, -0.05) is 18.2 Å². The SMILES string of the molecule is Cc1nc2c3cc(C4CCS(=O)(=O)CC4)c(=O)n(c3n1)CCCOCCCC(C)N1CC(C1)CC(F)(F)c1cccc(c1)[C@@H](C)N2. The van der Waals surface area contributed by atoms with Gasteiger partial charge in [0.15, 0.2) is 0 Å². The van der Waals surface area contributed by atoms with Gasteiger partial charge in [0.1, 0.15) is 27.1 Å². The fourth-order valence-electron chi connectivity index (χ4n) is 7.18. The summed E-state index contributed by atoms with van der Waals surface area (Å²) in [6, 6.07) is 8.36. The number of pyridine rings is 1. The summed E-state index contributed by atoms with van der Waals surface area (Å²) in [6.07, 6.45) is 3.00. The lowest BCUT2D eigenvalue weighted by atomic mass is 9.88. The van der Waals surface area contributed by atoms with Crippen molar-refractivity contribution in [1.82, 2.24) is 19.4 Å². The van der Waals surface area contributed by atoms with Gasteiger partial charge in [-0.05, 0) is 82.4 Å². The first kappa shape index (κ1) is 33.0. The van der Waals surface area contributed by atoms with Gasteiger partial charge in [-0.3, -0.25) is 9.36 Å². The highest BCUT2D eigenvalue weighted by atomic mass is 32.2. The van der Waals surface area contributed by atoms with E-state index in [1.165, 1.54) is 6.07 Å². The van der Waals surface area contributed by atoms with Crippen molar-refractivity contribution in [3.8, 4) is 0 Å². The number of aryl methyl sites for hydroxylation is 2. The van der Waals surface area contributed by atoms with Gasteiger partial charge in [0.2, 0.25) is 0 Å². The zero-order valence-electron chi connectivity index (χ0n) is 27.0. The third kappa shape index (κ3) is 7.13. The molecule has 4 aliphatic heterocycles. The van der Waals surface area contributed by atoms with Gasteiger partial charge >= 0.3 is 0 Å². The number of hydrogen-bond donors (Lipinski definition) is 1. The van der Waals surface area contributed by atoms with Crippen LogP contribution in [0.5, 0.6) is 0 Å². The molecule has 250 valence electrons. The number of alkyl halides is 2. The number of hydrogen-bond acceptors (Lipinski definition) is 8. The quantitative estimate of drug-likeness (QED) is 0.362.